The molecular weight excluding hydrogens is 253 g/mol. The molecule has 0 aromatic heterocycles. The quantitative estimate of drug-likeness (QED) is 0.889. The van der Waals surface area contributed by atoms with Gasteiger partial charge in [0.05, 0.1) is 0 Å². The fraction of sp³-hybridized carbons (Fsp3) is 0.294. The molecule has 0 amide bonds. The molecule has 1 atom stereocenters. The predicted octanol–water partition coefficient (Wildman–Crippen LogP) is 4.56. The Morgan fingerprint density at radius 2 is 1.70 bits per heavy atom. The minimum absolute atomic E-state index is 0.286. The van der Waals surface area contributed by atoms with Gasteiger partial charge in [-0.3, -0.25) is 0 Å². The second-order valence-corrected chi connectivity index (χ2v) is 5.23. The topological polar surface area (TPSA) is 35.2 Å². The van der Waals surface area contributed by atoms with Crippen LogP contribution in [0, 0.1) is 26.6 Å². The first-order valence-electron chi connectivity index (χ1n) is 6.70. The average molecular weight is 273 g/mol. The number of benzene rings is 2. The van der Waals surface area contributed by atoms with E-state index in [0.29, 0.717) is 11.3 Å². The van der Waals surface area contributed by atoms with Crippen LogP contribution in [0.1, 0.15) is 35.2 Å². The number of aryl methyl sites for hydroxylation is 2. The fourth-order valence-corrected chi connectivity index (χ4v) is 2.16. The van der Waals surface area contributed by atoms with Crippen molar-refractivity contribution in [1.29, 1.82) is 0 Å². The monoisotopic (exact) mass is 273 g/mol. The van der Waals surface area contributed by atoms with E-state index in [9.17, 15) is 4.39 Å². The summed E-state index contributed by atoms with van der Waals surface area (Å²) in [7, 11) is 0. The highest BCUT2D eigenvalue weighted by Crippen LogP contribution is 2.34. The Morgan fingerprint density at radius 1 is 1.05 bits per heavy atom. The Kier molecular flexibility index (Phi) is 4.09. The van der Waals surface area contributed by atoms with E-state index in [1.54, 1.807) is 6.07 Å². The minimum Gasteiger partial charge on any atom is -0.456 e. The highest BCUT2D eigenvalue weighted by molar-refractivity contribution is 5.48. The largest absolute Gasteiger partial charge is 0.456 e. The minimum atomic E-state index is -0.303. The maximum Gasteiger partial charge on any atom is 0.133 e. The molecule has 0 aliphatic rings. The van der Waals surface area contributed by atoms with Crippen molar-refractivity contribution < 1.29 is 9.13 Å². The SMILES string of the molecule is Cc1ccc(C)c(Oc2ccc(F)cc2[C@H](C)N)c1C. The van der Waals surface area contributed by atoms with Crippen LogP contribution in [0.4, 0.5) is 4.39 Å². The van der Waals surface area contributed by atoms with Gasteiger partial charge in [-0.2, -0.15) is 0 Å². The molecule has 2 aromatic carbocycles. The summed E-state index contributed by atoms with van der Waals surface area (Å²) < 4.78 is 19.4. The predicted molar refractivity (Wildman–Crippen MR) is 79.7 cm³/mol. The first-order valence-corrected chi connectivity index (χ1v) is 6.70. The highest BCUT2D eigenvalue weighted by atomic mass is 19.1. The molecule has 0 radical (unpaired) electrons. The molecule has 0 saturated carbocycles. The van der Waals surface area contributed by atoms with Crippen LogP contribution in [0.5, 0.6) is 11.5 Å². The Bertz CT molecular complexity index is 635. The maximum atomic E-state index is 13.4. The van der Waals surface area contributed by atoms with Crippen molar-refractivity contribution in [2.45, 2.75) is 33.7 Å². The molecule has 20 heavy (non-hydrogen) atoms. The van der Waals surface area contributed by atoms with Crippen LogP contribution in [0.3, 0.4) is 0 Å². The van der Waals surface area contributed by atoms with Crippen molar-refractivity contribution in [2.75, 3.05) is 0 Å². The van der Waals surface area contributed by atoms with Gasteiger partial charge >= 0.3 is 0 Å². The second-order valence-electron chi connectivity index (χ2n) is 5.23. The standard InChI is InChI=1S/C17H20FNO/c1-10-5-6-11(2)17(12(10)3)20-16-8-7-14(18)9-15(16)13(4)19/h5-9,13H,19H2,1-4H3/t13-/m0/s1. The molecule has 0 aliphatic carbocycles. The van der Waals surface area contributed by atoms with Crippen LogP contribution in [0.25, 0.3) is 0 Å². The number of rotatable bonds is 3. The van der Waals surface area contributed by atoms with Gasteiger partial charge in [0.25, 0.3) is 0 Å². The van der Waals surface area contributed by atoms with E-state index >= 15 is 0 Å². The molecule has 2 rings (SSSR count). The smallest absolute Gasteiger partial charge is 0.133 e. The summed E-state index contributed by atoms with van der Waals surface area (Å²) in [5, 5.41) is 0. The van der Waals surface area contributed by atoms with Crippen LogP contribution in [-0.4, -0.2) is 0 Å². The molecule has 3 heteroatoms. The zero-order valence-corrected chi connectivity index (χ0v) is 12.3. The van der Waals surface area contributed by atoms with E-state index in [2.05, 4.69) is 6.07 Å². The molecule has 0 heterocycles. The van der Waals surface area contributed by atoms with E-state index in [1.807, 2.05) is 33.8 Å². The van der Waals surface area contributed by atoms with Crippen LogP contribution < -0.4 is 10.5 Å². The molecule has 2 nitrogen and oxygen atoms in total. The summed E-state index contributed by atoms with van der Waals surface area (Å²) in [6.45, 7) is 7.87. The molecule has 0 unspecified atom stereocenters. The van der Waals surface area contributed by atoms with Gasteiger partial charge in [-0.1, -0.05) is 12.1 Å². The van der Waals surface area contributed by atoms with Crippen molar-refractivity contribution in [1.82, 2.24) is 0 Å². The molecular formula is C17H20FNO. The molecule has 106 valence electrons. The summed E-state index contributed by atoms with van der Waals surface area (Å²) in [6.07, 6.45) is 0. The molecule has 0 aliphatic heterocycles. The third-order valence-electron chi connectivity index (χ3n) is 3.55. The van der Waals surface area contributed by atoms with Crippen LogP contribution in [0.2, 0.25) is 0 Å². The van der Waals surface area contributed by atoms with Crippen LogP contribution in [0.15, 0.2) is 30.3 Å². The van der Waals surface area contributed by atoms with E-state index in [-0.39, 0.29) is 11.9 Å². The lowest BCUT2D eigenvalue weighted by atomic mass is 10.0. The number of ether oxygens (including phenoxy) is 1. The lowest BCUT2D eigenvalue weighted by Crippen LogP contribution is -2.07. The zero-order valence-electron chi connectivity index (χ0n) is 12.3. The lowest BCUT2D eigenvalue weighted by Gasteiger charge is -2.17. The zero-order chi connectivity index (χ0) is 14.9. The summed E-state index contributed by atoms with van der Waals surface area (Å²) in [5.74, 6) is 1.12. The normalized spacial score (nSPS) is 12.3. The van der Waals surface area contributed by atoms with Crippen molar-refractivity contribution in [3.63, 3.8) is 0 Å². The molecule has 0 saturated heterocycles. The third-order valence-corrected chi connectivity index (χ3v) is 3.55. The average Bonchev–Trinajstić information content (AvgIpc) is 2.40. The van der Waals surface area contributed by atoms with Crippen molar-refractivity contribution in [3.8, 4) is 11.5 Å². The number of hydrogen-bond donors (Lipinski definition) is 1. The van der Waals surface area contributed by atoms with Gasteiger partial charge in [0, 0.05) is 11.6 Å². The Hall–Kier alpha value is -1.87. The molecule has 0 bridgehead atoms. The number of nitrogens with two attached hydrogens (primary N) is 1. The van der Waals surface area contributed by atoms with E-state index in [4.69, 9.17) is 10.5 Å². The Balaban J connectivity index is 2.48. The lowest BCUT2D eigenvalue weighted by molar-refractivity contribution is 0.462. The van der Waals surface area contributed by atoms with Gasteiger partial charge in [0.15, 0.2) is 0 Å². The van der Waals surface area contributed by atoms with E-state index in [1.165, 1.54) is 12.1 Å². The van der Waals surface area contributed by atoms with Gasteiger partial charge < -0.3 is 10.5 Å². The van der Waals surface area contributed by atoms with Gasteiger partial charge in [-0.15, -0.1) is 0 Å². The molecule has 2 N–H and O–H groups in total. The number of halogens is 1. The first kappa shape index (κ1) is 14.5. The summed E-state index contributed by atoms with van der Waals surface area (Å²) in [6, 6.07) is 8.25. The van der Waals surface area contributed by atoms with Crippen molar-refractivity contribution in [2.24, 2.45) is 5.73 Å². The fourth-order valence-electron chi connectivity index (χ4n) is 2.16. The Labute approximate surface area is 119 Å². The van der Waals surface area contributed by atoms with Crippen LogP contribution >= 0.6 is 0 Å². The summed E-state index contributed by atoms with van der Waals surface area (Å²) >= 11 is 0. The Morgan fingerprint density at radius 3 is 2.35 bits per heavy atom. The third kappa shape index (κ3) is 2.83. The van der Waals surface area contributed by atoms with Crippen molar-refractivity contribution in [3.05, 3.63) is 58.4 Å². The summed E-state index contributed by atoms with van der Waals surface area (Å²) in [4.78, 5) is 0. The van der Waals surface area contributed by atoms with Gasteiger partial charge in [0.1, 0.15) is 17.3 Å². The van der Waals surface area contributed by atoms with E-state index in [0.717, 1.165) is 22.4 Å². The molecule has 0 spiro atoms. The van der Waals surface area contributed by atoms with Crippen molar-refractivity contribution >= 4 is 0 Å². The van der Waals surface area contributed by atoms with Crippen LogP contribution in [-0.2, 0) is 0 Å². The van der Waals surface area contributed by atoms with Gasteiger partial charge in [-0.25, -0.2) is 4.39 Å². The van der Waals surface area contributed by atoms with Gasteiger partial charge in [0.2, 0.25) is 0 Å². The number of hydrogen-bond acceptors (Lipinski definition) is 2. The van der Waals surface area contributed by atoms with E-state index < -0.39 is 0 Å². The van der Waals surface area contributed by atoms with Gasteiger partial charge in [-0.05, 0) is 62.6 Å². The summed E-state index contributed by atoms with van der Waals surface area (Å²) in [5.41, 5.74) is 9.87. The molecule has 2 aromatic rings. The second kappa shape index (κ2) is 5.63. The highest BCUT2D eigenvalue weighted by Gasteiger charge is 2.13. The first-order chi connectivity index (χ1) is 9.40. The maximum absolute atomic E-state index is 13.4. The molecule has 0 fully saturated rings.